The highest BCUT2D eigenvalue weighted by atomic mass is 35.5. The second-order valence-corrected chi connectivity index (χ2v) is 8.76. The SMILES string of the molecule is Clc1ccc(Cn2cc(COc3ccc(-c4nc5ccc(C6=NCCN6)cc5[nH]4)cc3)nn2)cc1. The van der Waals surface area contributed by atoms with Crippen molar-refractivity contribution < 1.29 is 4.74 Å². The Balaban J connectivity index is 1.10. The number of nitrogens with zero attached hydrogens (tertiary/aromatic N) is 5. The van der Waals surface area contributed by atoms with Crippen molar-refractivity contribution in [2.24, 2.45) is 4.99 Å². The standard InChI is InChI=1S/C26H22ClN7O/c27-20-6-1-17(2-7-20)14-34-15-21(32-33-34)16-35-22-8-3-18(4-9-22)26-30-23-10-5-19(13-24(23)31-26)25-28-11-12-29-25/h1-10,13,15H,11-12,14,16H2,(H,28,29)(H,30,31). The summed E-state index contributed by atoms with van der Waals surface area (Å²) in [7, 11) is 0. The zero-order chi connectivity index (χ0) is 23.6. The smallest absolute Gasteiger partial charge is 0.138 e. The first-order chi connectivity index (χ1) is 17.2. The monoisotopic (exact) mass is 483 g/mol. The number of hydrogen-bond donors (Lipinski definition) is 2. The van der Waals surface area contributed by atoms with Gasteiger partial charge in [-0.2, -0.15) is 0 Å². The van der Waals surface area contributed by atoms with Crippen LogP contribution in [0.1, 0.15) is 16.8 Å². The van der Waals surface area contributed by atoms with E-state index in [9.17, 15) is 0 Å². The number of hydrogen-bond acceptors (Lipinski definition) is 6. The van der Waals surface area contributed by atoms with Crippen molar-refractivity contribution in [3.63, 3.8) is 0 Å². The van der Waals surface area contributed by atoms with Crippen molar-refractivity contribution in [1.82, 2.24) is 30.3 Å². The average molecular weight is 484 g/mol. The van der Waals surface area contributed by atoms with Crippen LogP contribution in [0.5, 0.6) is 5.75 Å². The Hall–Kier alpha value is -4.17. The third-order valence-electron chi connectivity index (χ3n) is 5.79. The Morgan fingerprint density at radius 3 is 2.60 bits per heavy atom. The fraction of sp³-hybridized carbons (Fsp3) is 0.154. The zero-order valence-corrected chi connectivity index (χ0v) is 19.5. The molecule has 3 heterocycles. The fourth-order valence-electron chi connectivity index (χ4n) is 4.01. The number of amidine groups is 1. The Bertz CT molecular complexity index is 1500. The number of fused-ring (bicyclic) bond motifs is 1. The Morgan fingerprint density at radius 1 is 0.971 bits per heavy atom. The molecule has 0 radical (unpaired) electrons. The number of benzene rings is 3. The van der Waals surface area contributed by atoms with E-state index in [1.807, 2.05) is 66.9 Å². The van der Waals surface area contributed by atoms with Crippen LogP contribution >= 0.6 is 11.6 Å². The summed E-state index contributed by atoms with van der Waals surface area (Å²) in [6.45, 7) is 2.67. The molecule has 6 rings (SSSR count). The lowest BCUT2D eigenvalue weighted by molar-refractivity contribution is 0.301. The summed E-state index contributed by atoms with van der Waals surface area (Å²) in [5, 5.41) is 12.4. The molecule has 0 aliphatic carbocycles. The van der Waals surface area contributed by atoms with Crippen molar-refractivity contribution in [3.05, 3.63) is 94.8 Å². The van der Waals surface area contributed by atoms with Gasteiger partial charge in [-0.15, -0.1) is 5.10 Å². The fourth-order valence-corrected chi connectivity index (χ4v) is 4.14. The molecular formula is C26H22ClN7O. The molecule has 0 spiro atoms. The van der Waals surface area contributed by atoms with Gasteiger partial charge in [0.1, 0.15) is 29.7 Å². The van der Waals surface area contributed by atoms with Crippen molar-refractivity contribution in [1.29, 1.82) is 0 Å². The van der Waals surface area contributed by atoms with E-state index in [4.69, 9.17) is 21.3 Å². The number of aromatic amines is 1. The molecule has 8 nitrogen and oxygen atoms in total. The number of halogens is 1. The number of aliphatic imine (C=N–C) groups is 1. The molecule has 174 valence electrons. The van der Waals surface area contributed by atoms with E-state index >= 15 is 0 Å². The normalized spacial score (nSPS) is 13.1. The Morgan fingerprint density at radius 2 is 1.80 bits per heavy atom. The van der Waals surface area contributed by atoms with Crippen LogP contribution in [-0.2, 0) is 13.2 Å². The van der Waals surface area contributed by atoms with Crippen molar-refractivity contribution in [2.75, 3.05) is 13.1 Å². The van der Waals surface area contributed by atoms with Gasteiger partial charge in [0, 0.05) is 22.7 Å². The summed E-state index contributed by atoms with van der Waals surface area (Å²) in [5.41, 5.74) is 5.82. The van der Waals surface area contributed by atoms with Crippen LogP contribution in [0, 0.1) is 0 Å². The number of nitrogens with one attached hydrogen (secondary N) is 2. The molecule has 2 N–H and O–H groups in total. The molecule has 0 saturated heterocycles. The van der Waals surface area contributed by atoms with Crippen LogP contribution in [0.3, 0.4) is 0 Å². The van der Waals surface area contributed by atoms with Gasteiger partial charge in [-0.25, -0.2) is 9.67 Å². The lowest BCUT2D eigenvalue weighted by Gasteiger charge is -2.04. The molecule has 0 atom stereocenters. The van der Waals surface area contributed by atoms with Gasteiger partial charge in [0.25, 0.3) is 0 Å². The first-order valence-electron chi connectivity index (χ1n) is 11.3. The molecule has 0 amide bonds. The first kappa shape index (κ1) is 21.4. The molecule has 1 aliphatic heterocycles. The molecule has 0 fully saturated rings. The molecule has 0 unspecified atom stereocenters. The number of aromatic nitrogens is 5. The van der Waals surface area contributed by atoms with Gasteiger partial charge < -0.3 is 15.0 Å². The molecule has 1 aliphatic rings. The van der Waals surface area contributed by atoms with Crippen molar-refractivity contribution >= 4 is 28.5 Å². The van der Waals surface area contributed by atoms with Crippen molar-refractivity contribution in [2.45, 2.75) is 13.2 Å². The molecule has 0 bridgehead atoms. The molecule has 3 aromatic carbocycles. The quantitative estimate of drug-likeness (QED) is 0.356. The molecular weight excluding hydrogens is 462 g/mol. The van der Waals surface area contributed by atoms with Crippen molar-refractivity contribution in [3.8, 4) is 17.1 Å². The molecule has 0 saturated carbocycles. The predicted octanol–water partition coefficient (Wildman–Crippen LogP) is 4.45. The summed E-state index contributed by atoms with van der Waals surface area (Å²) in [5.74, 6) is 2.51. The van der Waals surface area contributed by atoms with E-state index in [2.05, 4.69) is 31.7 Å². The van der Waals surface area contributed by atoms with E-state index in [0.29, 0.717) is 18.2 Å². The number of ether oxygens (including phenoxy) is 1. The maximum Gasteiger partial charge on any atom is 0.138 e. The highest BCUT2D eigenvalue weighted by Crippen LogP contribution is 2.24. The number of rotatable bonds is 7. The maximum atomic E-state index is 5.95. The highest BCUT2D eigenvalue weighted by molar-refractivity contribution is 6.30. The predicted molar refractivity (Wildman–Crippen MR) is 136 cm³/mol. The van der Waals surface area contributed by atoms with Crippen LogP contribution in [0.25, 0.3) is 22.4 Å². The molecule has 9 heteroatoms. The Labute approximate surface area is 206 Å². The minimum Gasteiger partial charge on any atom is -0.487 e. The van der Waals surface area contributed by atoms with Gasteiger partial charge in [0.15, 0.2) is 0 Å². The van der Waals surface area contributed by atoms with Gasteiger partial charge in [-0.05, 0) is 60.2 Å². The summed E-state index contributed by atoms with van der Waals surface area (Å²) in [4.78, 5) is 12.6. The second-order valence-electron chi connectivity index (χ2n) is 8.32. The van der Waals surface area contributed by atoms with Crippen LogP contribution < -0.4 is 10.1 Å². The Kier molecular flexibility index (Phi) is 5.64. The lowest BCUT2D eigenvalue weighted by atomic mass is 10.2. The van der Waals surface area contributed by atoms with Gasteiger partial charge in [0.05, 0.1) is 30.3 Å². The zero-order valence-electron chi connectivity index (χ0n) is 18.8. The van der Waals surface area contributed by atoms with Crippen LogP contribution in [0.2, 0.25) is 5.02 Å². The van der Waals surface area contributed by atoms with E-state index in [-0.39, 0.29) is 0 Å². The lowest BCUT2D eigenvalue weighted by Crippen LogP contribution is -2.19. The summed E-state index contributed by atoms with van der Waals surface area (Å²) in [6.07, 6.45) is 1.89. The second kappa shape index (κ2) is 9.23. The van der Waals surface area contributed by atoms with Crippen LogP contribution in [0.4, 0.5) is 0 Å². The van der Waals surface area contributed by atoms with E-state index in [0.717, 1.165) is 63.9 Å². The van der Waals surface area contributed by atoms with Crippen LogP contribution in [-0.4, -0.2) is 43.9 Å². The minimum absolute atomic E-state index is 0.339. The average Bonchev–Trinajstić information content (AvgIpc) is 3.65. The first-order valence-corrected chi connectivity index (χ1v) is 11.7. The molecule has 5 aromatic rings. The third-order valence-corrected chi connectivity index (χ3v) is 6.04. The number of imidazole rings is 1. The van der Waals surface area contributed by atoms with Gasteiger partial charge >= 0.3 is 0 Å². The van der Waals surface area contributed by atoms with E-state index < -0.39 is 0 Å². The number of H-pyrrole nitrogens is 1. The minimum atomic E-state index is 0.339. The van der Waals surface area contributed by atoms with Crippen LogP contribution in [0.15, 0.2) is 77.9 Å². The summed E-state index contributed by atoms with van der Waals surface area (Å²) < 4.78 is 7.69. The summed E-state index contributed by atoms with van der Waals surface area (Å²) in [6, 6.07) is 21.7. The highest BCUT2D eigenvalue weighted by Gasteiger charge is 2.11. The maximum absolute atomic E-state index is 5.95. The van der Waals surface area contributed by atoms with Gasteiger partial charge in [0.2, 0.25) is 0 Å². The van der Waals surface area contributed by atoms with Gasteiger partial charge in [-0.3, -0.25) is 4.99 Å². The molecule has 2 aromatic heterocycles. The topological polar surface area (TPSA) is 93.0 Å². The summed E-state index contributed by atoms with van der Waals surface area (Å²) >= 11 is 5.95. The van der Waals surface area contributed by atoms with Gasteiger partial charge in [-0.1, -0.05) is 28.9 Å². The van der Waals surface area contributed by atoms with E-state index in [1.54, 1.807) is 4.68 Å². The molecule has 35 heavy (non-hydrogen) atoms. The third kappa shape index (κ3) is 4.74. The van der Waals surface area contributed by atoms with E-state index in [1.165, 1.54) is 0 Å². The largest absolute Gasteiger partial charge is 0.487 e.